The Bertz CT molecular complexity index is 718. The molecule has 0 bridgehead atoms. The molecule has 6 heteroatoms. The molecule has 1 saturated heterocycles. The average Bonchev–Trinajstić information content (AvgIpc) is 3.13. The fourth-order valence-electron chi connectivity index (χ4n) is 3.86. The highest BCUT2D eigenvalue weighted by molar-refractivity contribution is 5.27. The predicted octanol–water partition coefficient (Wildman–Crippen LogP) is 2.50. The van der Waals surface area contributed by atoms with Crippen molar-refractivity contribution >= 4 is 0 Å². The van der Waals surface area contributed by atoms with Gasteiger partial charge in [-0.2, -0.15) is 5.10 Å². The smallest absolute Gasteiger partial charge is 0.140 e. The van der Waals surface area contributed by atoms with Crippen LogP contribution in [0.2, 0.25) is 0 Å². The van der Waals surface area contributed by atoms with Gasteiger partial charge in [-0.05, 0) is 24.3 Å². The summed E-state index contributed by atoms with van der Waals surface area (Å²) in [5.74, 6) is 1.10. The van der Waals surface area contributed by atoms with E-state index < -0.39 is 0 Å². The number of aryl methyl sites for hydroxylation is 2. The zero-order chi connectivity index (χ0) is 16.7. The standard InChI is InChI=1S/C18H26N4O2/c1-18(2)6-4-16-13(10-18)14(20-24-16)11-22-8-9-23-17(12-22)15-5-7-19-21(15)3/h5,7,17H,4,6,8-12H2,1-3H3/t17-/m0/s1. The van der Waals surface area contributed by atoms with Crippen molar-refractivity contribution in [2.45, 2.75) is 45.8 Å². The molecule has 24 heavy (non-hydrogen) atoms. The van der Waals surface area contributed by atoms with E-state index in [1.165, 1.54) is 12.0 Å². The third-order valence-corrected chi connectivity index (χ3v) is 5.35. The summed E-state index contributed by atoms with van der Waals surface area (Å²) in [7, 11) is 1.97. The minimum absolute atomic E-state index is 0.0745. The number of fused-ring (bicyclic) bond motifs is 1. The van der Waals surface area contributed by atoms with Crippen molar-refractivity contribution in [3.05, 3.63) is 35.0 Å². The van der Waals surface area contributed by atoms with E-state index in [0.29, 0.717) is 5.41 Å². The first-order chi connectivity index (χ1) is 11.5. The van der Waals surface area contributed by atoms with Crippen LogP contribution in [-0.2, 0) is 31.2 Å². The highest BCUT2D eigenvalue weighted by Crippen LogP contribution is 2.36. The van der Waals surface area contributed by atoms with E-state index >= 15 is 0 Å². The maximum absolute atomic E-state index is 5.95. The number of hydrogen-bond acceptors (Lipinski definition) is 5. The van der Waals surface area contributed by atoms with Crippen molar-refractivity contribution in [3.63, 3.8) is 0 Å². The second-order valence-electron chi connectivity index (χ2n) is 7.85. The summed E-state index contributed by atoms with van der Waals surface area (Å²) in [6, 6.07) is 2.04. The third kappa shape index (κ3) is 3.00. The summed E-state index contributed by atoms with van der Waals surface area (Å²) in [4.78, 5) is 2.42. The molecule has 1 atom stereocenters. The summed E-state index contributed by atoms with van der Waals surface area (Å²) in [5.41, 5.74) is 3.93. The van der Waals surface area contributed by atoms with Crippen LogP contribution in [0.25, 0.3) is 0 Å². The van der Waals surface area contributed by atoms with Gasteiger partial charge in [-0.1, -0.05) is 19.0 Å². The monoisotopic (exact) mass is 330 g/mol. The van der Waals surface area contributed by atoms with Gasteiger partial charge in [-0.25, -0.2) is 0 Å². The number of hydrogen-bond donors (Lipinski definition) is 0. The summed E-state index contributed by atoms with van der Waals surface area (Å²) in [5, 5.41) is 8.64. The number of ether oxygens (including phenoxy) is 1. The van der Waals surface area contributed by atoms with Crippen molar-refractivity contribution in [1.29, 1.82) is 0 Å². The molecule has 0 N–H and O–H groups in total. The Kier molecular flexibility index (Phi) is 3.96. The van der Waals surface area contributed by atoms with Crippen LogP contribution in [0.4, 0.5) is 0 Å². The van der Waals surface area contributed by atoms with Gasteiger partial charge < -0.3 is 9.26 Å². The molecule has 0 unspecified atom stereocenters. The molecule has 0 aromatic carbocycles. The van der Waals surface area contributed by atoms with Gasteiger partial charge in [0.2, 0.25) is 0 Å². The van der Waals surface area contributed by atoms with Crippen LogP contribution in [0.1, 0.15) is 49.1 Å². The third-order valence-electron chi connectivity index (χ3n) is 5.35. The van der Waals surface area contributed by atoms with Crippen LogP contribution in [0.15, 0.2) is 16.8 Å². The predicted molar refractivity (Wildman–Crippen MR) is 89.5 cm³/mol. The molecule has 1 fully saturated rings. The molecule has 2 aromatic heterocycles. The second-order valence-corrected chi connectivity index (χ2v) is 7.85. The molecular formula is C18H26N4O2. The first kappa shape index (κ1) is 15.8. The lowest BCUT2D eigenvalue weighted by molar-refractivity contribution is -0.0373. The Balaban J connectivity index is 1.48. The van der Waals surface area contributed by atoms with Gasteiger partial charge in [0.1, 0.15) is 17.6 Å². The molecule has 4 rings (SSSR count). The van der Waals surface area contributed by atoms with Crippen molar-refractivity contribution in [3.8, 4) is 0 Å². The van der Waals surface area contributed by atoms with Gasteiger partial charge in [0.15, 0.2) is 0 Å². The molecule has 0 amide bonds. The van der Waals surface area contributed by atoms with Crippen LogP contribution >= 0.6 is 0 Å². The maximum Gasteiger partial charge on any atom is 0.140 e. The Hall–Kier alpha value is -1.66. The quantitative estimate of drug-likeness (QED) is 0.865. The van der Waals surface area contributed by atoms with E-state index in [0.717, 1.165) is 56.2 Å². The van der Waals surface area contributed by atoms with Gasteiger partial charge in [0.05, 0.1) is 12.3 Å². The van der Waals surface area contributed by atoms with Gasteiger partial charge in [-0.15, -0.1) is 0 Å². The minimum atomic E-state index is 0.0745. The average molecular weight is 330 g/mol. The van der Waals surface area contributed by atoms with E-state index in [4.69, 9.17) is 9.26 Å². The van der Waals surface area contributed by atoms with Crippen molar-refractivity contribution < 1.29 is 9.26 Å². The van der Waals surface area contributed by atoms with Crippen molar-refractivity contribution in [2.24, 2.45) is 12.5 Å². The Morgan fingerprint density at radius 3 is 3.04 bits per heavy atom. The molecule has 1 aliphatic heterocycles. The zero-order valence-electron chi connectivity index (χ0n) is 14.8. The lowest BCUT2D eigenvalue weighted by Gasteiger charge is -2.33. The van der Waals surface area contributed by atoms with E-state index in [1.807, 2.05) is 24.0 Å². The number of morpholine rings is 1. The molecule has 6 nitrogen and oxygen atoms in total. The molecular weight excluding hydrogens is 304 g/mol. The van der Waals surface area contributed by atoms with Gasteiger partial charge in [0, 0.05) is 44.9 Å². The first-order valence-corrected chi connectivity index (χ1v) is 8.80. The van der Waals surface area contributed by atoms with Crippen LogP contribution in [0.3, 0.4) is 0 Å². The van der Waals surface area contributed by atoms with Crippen LogP contribution in [0, 0.1) is 5.41 Å². The SMILES string of the molecule is Cn1nccc1[C@@H]1CN(Cc2noc3c2CC(C)(C)CC3)CCO1. The lowest BCUT2D eigenvalue weighted by atomic mass is 9.76. The molecule has 0 spiro atoms. The maximum atomic E-state index is 5.95. The molecule has 0 saturated carbocycles. The van der Waals surface area contributed by atoms with Crippen LogP contribution in [-0.4, -0.2) is 39.5 Å². The molecule has 3 heterocycles. The fourth-order valence-corrected chi connectivity index (χ4v) is 3.86. The van der Waals surface area contributed by atoms with Gasteiger partial charge in [-0.3, -0.25) is 9.58 Å². The highest BCUT2D eigenvalue weighted by atomic mass is 16.5. The van der Waals surface area contributed by atoms with Crippen molar-refractivity contribution in [2.75, 3.05) is 19.7 Å². The summed E-state index contributed by atoms with van der Waals surface area (Å²) in [6.45, 7) is 8.04. The Labute approximate surface area is 142 Å². The molecule has 0 radical (unpaired) electrons. The summed E-state index contributed by atoms with van der Waals surface area (Å²) in [6.07, 6.45) is 5.15. The van der Waals surface area contributed by atoms with E-state index in [1.54, 1.807) is 0 Å². The highest BCUT2D eigenvalue weighted by Gasteiger charge is 2.32. The minimum Gasteiger partial charge on any atom is -0.369 e. The fraction of sp³-hybridized carbons (Fsp3) is 0.667. The van der Waals surface area contributed by atoms with Gasteiger partial charge in [0.25, 0.3) is 0 Å². The normalized spacial score (nSPS) is 24.0. The molecule has 2 aliphatic rings. The molecule has 1 aliphatic carbocycles. The number of rotatable bonds is 3. The van der Waals surface area contributed by atoms with Crippen LogP contribution in [0.5, 0.6) is 0 Å². The zero-order valence-corrected chi connectivity index (χ0v) is 14.8. The van der Waals surface area contributed by atoms with Crippen molar-refractivity contribution in [1.82, 2.24) is 19.8 Å². The van der Waals surface area contributed by atoms with Crippen LogP contribution < -0.4 is 0 Å². The van der Waals surface area contributed by atoms with Gasteiger partial charge >= 0.3 is 0 Å². The Morgan fingerprint density at radius 1 is 1.38 bits per heavy atom. The first-order valence-electron chi connectivity index (χ1n) is 8.80. The number of aromatic nitrogens is 3. The van der Waals surface area contributed by atoms with E-state index in [-0.39, 0.29) is 6.10 Å². The number of nitrogens with zero attached hydrogens (tertiary/aromatic N) is 4. The van der Waals surface area contributed by atoms with E-state index in [2.05, 4.69) is 29.0 Å². The topological polar surface area (TPSA) is 56.3 Å². The largest absolute Gasteiger partial charge is 0.369 e. The Morgan fingerprint density at radius 2 is 2.25 bits per heavy atom. The second kappa shape index (κ2) is 6.01. The molecule has 2 aromatic rings. The summed E-state index contributed by atoms with van der Waals surface area (Å²) < 4.78 is 13.5. The lowest BCUT2D eigenvalue weighted by Crippen LogP contribution is -2.38. The molecule has 130 valence electrons. The van der Waals surface area contributed by atoms with E-state index in [9.17, 15) is 0 Å². The summed E-state index contributed by atoms with van der Waals surface area (Å²) >= 11 is 0.